The normalized spacial score (nSPS) is 14.1. The predicted molar refractivity (Wildman–Crippen MR) is 88.9 cm³/mol. The zero-order chi connectivity index (χ0) is 15.2. The molecule has 0 aliphatic carbocycles. The first-order valence-corrected chi connectivity index (χ1v) is 7.68. The van der Waals surface area contributed by atoms with Crippen LogP contribution in [0, 0.1) is 0 Å². The number of fused-ring (bicyclic) bond motifs is 1. The van der Waals surface area contributed by atoms with Crippen molar-refractivity contribution in [1.29, 1.82) is 0 Å². The predicted octanol–water partition coefficient (Wildman–Crippen LogP) is 2.68. The fraction of sp³-hybridized carbons (Fsp3) is 0.333. The van der Waals surface area contributed by atoms with E-state index in [9.17, 15) is 0 Å². The molecule has 0 fully saturated rings. The van der Waals surface area contributed by atoms with Gasteiger partial charge in [0.15, 0.2) is 11.5 Å². The third-order valence-corrected chi connectivity index (χ3v) is 3.89. The van der Waals surface area contributed by atoms with Crippen LogP contribution in [0.4, 0.5) is 5.69 Å². The Labute approximate surface area is 131 Å². The average Bonchev–Trinajstić information content (AvgIpc) is 2.78. The van der Waals surface area contributed by atoms with Crippen molar-refractivity contribution < 1.29 is 9.47 Å². The highest BCUT2D eigenvalue weighted by atomic mass is 16.5. The molecule has 0 saturated heterocycles. The Hall–Kier alpha value is -2.20. The SMILES string of the molecule is COc1ccccc1OCCN1CCNCc2ccccc21. The maximum absolute atomic E-state index is 5.90. The van der Waals surface area contributed by atoms with E-state index in [0.29, 0.717) is 6.61 Å². The second-order valence-corrected chi connectivity index (χ2v) is 5.29. The van der Waals surface area contributed by atoms with E-state index in [1.165, 1.54) is 11.3 Å². The van der Waals surface area contributed by atoms with E-state index in [4.69, 9.17) is 9.47 Å². The first-order chi connectivity index (χ1) is 10.9. The maximum atomic E-state index is 5.90. The number of hydrogen-bond acceptors (Lipinski definition) is 4. The summed E-state index contributed by atoms with van der Waals surface area (Å²) in [5, 5.41) is 3.46. The summed E-state index contributed by atoms with van der Waals surface area (Å²) >= 11 is 0. The molecule has 0 unspecified atom stereocenters. The second kappa shape index (κ2) is 7.18. The van der Waals surface area contributed by atoms with Crippen LogP contribution in [0.2, 0.25) is 0 Å². The lowest BCUT2D eigenvalue weighted by Crippen LogP contribution is -2.32. The van der Waals surface area contributed by atoms with Crippen LogP contribution in [0.3, 0.4) is 0 Å². The molecule has 0 aromatic heterocycles. The van der Waals surface area contributed by atoms with E-state index in [-0.39, 0.29) is 0 Å². The molecule has 0 saturated carbocycles. The van der Waals surface area contributed by atoms with Crippen LogP contribution < -0.4 is 19.7 Å². The Kier molecular flexibility index (Phi) is 4.81. The number of para-hydroxylation sites is 3. The van der Waals surface area contributed by atoms with Crippen LogP contribution in [0.15, 0.2) is 48.5 Å². The third kappa shape index (κ3) is 3.34. The van der Waals surface area contributed by atoms with Crippen molar-refractivity contribution in [3.63, 3.8) is 0 Å². The van der Waals surface area contributed by atoms with E-state index >= 15 is 0 Å². The Morgan fingerprint density at radius 3 is 2.68 bits per heavy atom. The van der Waals surface area contributed by atoms with Gasteiger partial charge >= 0.3 is 0 Å². The van der Waals surface area contributed by atoms with Gasteiger partial charge in [0.25, 0.3) is 0 Å². The maximum Gasteiger partial charge on any atom is 0.161 e. The highest BCUT2D eigenvalue weighted by Gasteiger charge is 2.14. The fourth-order valence-corrected chi connectivity index (χ4v) is 2.76. The van der Waals surface area contributed by atoms with Crippen molar-refractivity contribution in [2.75, 3.05) is 38.3 Å². The van der Waals surface area contributed by atoms with Crippen molar-refractivity contribution in [2.45, 2.75) is 6.54 Å². The van der Waals surface area contributed by atoms with E-state index < -0.39 is 0 Å². The molecule has 3 rings (SSSR count). The number of nitrogens with one attached hydrogen (secondary N) is 1. The van der Waals surface area contributed by atoms with Crippen molar-refractivity contribution in [3.8, 4) is 11.5 Å². The average molecular weight is 298 g/mol. The number of hydrogen-bond donors (Lipinski definition) is 1. The van der Waals surface area contributed by atoms with Crippen LogP contribution in [-0.2, 0) is 6.54 Å². The van der Waals surface area contributed by atoms with Gasteiger partial charge in [-0.1, -0.05) is 30.3 Å². The Balaban J connectivity index is 1.64. The minimum Gasteiger partial charge on any atom is -0.493 e. The number of methoxy groups -OCH3 is 1. The van der Waals surface area contributed by atoms with Crippen LogP contribution in [-0.4, -0.2) is 33.4 Å². The molecule has 0 atom stereocenters. The van der Waals surface area contributed by atoms with Gasteiger partial charge in [-0.2, -0.15) is 0 Å². The molecule has 4 nitrogen and oxygen atoms in total. The Morgan fingerprint density at radius 2 is 1.82 bits per heavy atom. The first kappa shape index (κ1) is 14.7. The minimum atomic E-state index is 0.634. The van der Waals surface area contributed by atoms with Gasteiger partial charge < -0.3 is 19.7 Å². The van der Waals surface area contributed by atoms with Crippen LogP contribution in [0.1, 0.15) is 5.56 Å². The molecule has 22 heavy (non-hydrogen) atoms. The smallest absolute Gasteiger partial charge is 0.161 e. The quantitative estimate of drug-likeness (QED) is 0.920. The molecule has 1 heterocycles. The first-order valence-electron chi connectivity index (χ1n) is 7.68. The molecule has 0 bridgehead atoms. The molecule has 2 aromatic carbocycles. The summed E-state index contributed by atoms with van der Waals surface area (Å²) in [6, 6.07) is 16.3. The lowest BCUT2D eigenvalue weighted by Gasteiger charge is -2.24. The molecule has 116 valence electrons. The second-order valence-electron chi connectivity index (χ2n) is 5.29. The summed E-state index contributed by atoms with van der Waals surface area (Å²) in [7, 11) is 1.67. The van der Waals surface area contributed by atoms with E-state index in [1.54, 1.807) is 7.11 Å². The number of anilines is 1. The lowest BCUT2D eigenvalue weighted by molar-refractivity contribution is 0.299. The van der Waals surface area contributed by atoms with Gasteiger partial charge in [-0.25, -0.2) is 0 Å². The largest absolute Gasteiger partial charge is 0.493 e. The Bertz CT molecular complexity index is 616. The number of ether oxygens (including phenoxy) is 2. The van der Waals surface area contributed by atoms with Crippen LogP contribution in [0.5, 0.6) is 11.5 Å². The summed E-state index contributed by atoms with van der Waals surface area (Å²) in [5.74, 6) is 1.58. The van der Waals surface area contributed by atoms with Gasteiger partial charge in [0.1, 0.15) is 6.61 Å². The van der Waals surface area contributed by atoms with E-state index in [1.807, 2.05) is 24.3 Å². The van der Waals surface area contributed by atoms with Crippen molar-refractivity contribution >= 4 is 5.69 Å². The topological polar surface area (TPSA) is 33.7 Å². The molecule has 0 spiro atoms. The third-order valence-electron chi connectivity index (χ3n) is 3.89. The summed E-state index contributed by atoms with van der Waals surface area (Å²) in [5.41, 5.74) is 2.65. The minimum absolute atomic E-state index is 0.634. The Morgan fingerprint density at radius 1 is 1.05 bits per heavy atom. The van der Waals surface area contributed by atoms with Gasteiger partial charge in [0.2, 0.25) is 0 Å². The van der Waals surface area contributed by atoms with E-state index in [2.05, 4.69) is 34.5 Å². The molecule has 4 heteroatoms. The fourth-order valence-electron chi connectivity index (χ4n) is 2.76. The molecule has 1 aliphatic rings. The number of rotatable bonds is 5. The molecule has 1 aliphatic heterocycles. The molecular formula is C18H22N2O2. The van der Waals surface area contributed by atoms with Gasteiger partial charge in [-0.3, -0.25) is 0 Å². The number of nitrogens with zero attached hydrogens (tertiary/aromatic N) is 1. The van der Waals surface area contributed by atoms with Crippen LogP contribution in [0.25, 0.3) is 0 Å². The molecule has 0 amide bonds. The molecule has 1 N–H and O–H groups in total. The summed E-state index contributed by atoms with van der Waals surface area (Å²) < 4.78 is 11.2. The van der Waals surface area contributed by atoms with Gasteiger partial charge in [0.05, 0.1) is 13.7 Å². The van der Waals surface area contributed by atoms with Crippen molar-refractivity contribution in [3.05, 3.63) is 54.1 Å². The summed E-state index contributed by atoms with van der Waals surface area (Å²) in [6.45, 7) is 4.40. The van der Waals surface area contributed by atoms with Crippen molar-refractivity contribution in [1.82, 2.24) is 5.32 Å². The van der Waals surface area contributed by atoms with Crippen molar-refractivity contribution in [2.24, 2.45) is 0 Å². The highest BCUT2D eigenvalue weighted by Crippen LogP contribution is 2.26. The van der Waals surface area contributed by atoms with Gasteiger partial charge in [-0.15, -0.1) is 0 Å². The molecular weight excluding hydrogens is 276 g/mol. The van der Waals surface area contributed by atoms with Crippen LogP contribution >= 0.6 is 0 Å². The van der Waals surface area contributed by atoms with Gasteiger partial charge in [0, 0.05) is 25.3 Å². The summed E-state index contributed by atoms with van der Waals surface area (Å²) in [4.78, 5) is 2.38. The molecule has 2 aromatic rings. The monoisotopic (exact) mass is 298 g/mol. The standard InChI is InChI=1S/C18H22N2O2/c1-21-17-8-4-5-9-18(17)22-13-12-20-11-10-19-14-15-6-2-3-7-16(15)20/h2-9,19H,10-14H2,1H3. The highest BCUT2D eigenvalue weighted by molar-refractivity contribution is 5.54. The molecule has 0 radical (unpaired) electrons. The van der Waals surface area contributed by atoms with Gasteiger partial charge in [-0.05, 0) is 23.8 Å². The zero-order valence-corrected chi connectivity index (χ0v) is 12.9. The number of benzene rings is 2. The zero-order valence-electron chi connectivity index (χ0n) is 12.9. The van der Waals surface area contributed by atoms with E-state index in [0.717, 1.165) is 37.7 Å². The lowest BCUT2D eigenvalue weighted by atomic mass is 10.1. The summed E-state index contributed by atoms with van der Waals surface area (Å²) in [6.07, 6.45) is 0.